The second-order valence-electron chi connectivity index (χ2n) is 3.09. The Labute approximate surface area is 88.9 Å². The summed E-state index contributed by atoms with van der Waals surface area (Å²) >= 11 is 3.66. The van der Waals surface area contributed by atoms with E-state index in [2.05, 4.69) is 17.9 Å². The fraction of sp³-hybridized carbons (Fsp3) is 0.300. The maximum Gasteiger partial charge on any atom is 0.280 e. The van der Waals surface area contributed by atoms with Crippen LogP contribution in [-0.2, 0) is 0 Å². The minimum atomic E-state index is -0.395. The summed E-state index contributed by atoms with van der Waals surface area (Å²) in [5, 5.41) is 2.21. The number of amides is 1. The molecule has 1 rings (SSSR count). The zero-order valence-corrected chi connectivity index (χ0v) is 9.31. The van der Waals surface area contributed by atoms with Crippen LogP contribution in [0.5, 0.6) is 5.75 Å². The van der Waals surface area contributed by atoms with Gasteiger partial charge in [0.1, 0.15) is 5.75 Å². The lowest BCUT2D eigenvalue weighted by Gasteiger charge is -2.12. The molecule has 1 aromatic rings. The summed E-state index contributed by atoms with van der Waals surface area (Å²) in [7, 11) is 1.58. The highest BCUT2D eigenvalue weighted by Gasteiger charge is 2.08. The molecule has 0 saturated heterocycles. The van der Waals surface area contributed by atoms with Gasteiger partial charge in [0.05, 0.1) is 12.8 Å². The van der Waals surface area contributed by atoms with Crippen molar-refractivity contribution in [1.29, 1.82) is 0 Å². The summed E-state index contributed by atoms with van der Waals surface area (Å²) < 4.78 is 5.18. The van der Waals surface area contributed by atoms with E-state index in [4.69, 9.17) is 4.74 Å². The molecule has 0 atom stereocenters. The molecule has 1 amide bonds. The Morgan fingerprint density at radius 2 is 2.07 bits per heavy atom. The molecule has 1 N–H and O–H groups in total. The molecule has 0 aliphatic heterocycles. The van der Waals surface area contributed by atoms with Crippen LogP contribution in [0.3, 0.4) is 0 Å². The number of benzene rings is 1. The first-order chi connectivity index (χ1) is 6.54. The Bertz CT molecular complexity index is 363. The number of anilines is 1. The third-order valence-corrected chi connectivity index (χ3v) is 1.98. The first kappa shape index (κ1) is 10.9. The number of methoxy groups -OCH3 is 1. The van der Waals surface area contributed by atoms with E-state index in [0.29, 0.717) is 11.4 Å². The zero-order valence-electron chi connectivity index (χ0n) is 8.42. The quantitative estimate of drug-likeness (QED) is 0.738. The highest BCUT2D eigenvalue weighted by molar-refractivity contribution is 7.96. The lowest BCUT2D eigenvalue weighted by Crippen LogP contribution is -2.04. The molecule has 0 fully saturated rings. The lowest BCUT2D eigenvalue weighted by molar-refractivity contribution is 0.270. The normalized spacial score (nSPS) is 9.71. The van der Waals surface area contributed by atoms with Crippen molar-refractivity contribution in [2.24, 2.45) is 0 Å². The smallest absolute Gasteiger partial charge is 0.280 e. The number of rotatable bonds is 2. The van der Waals surface area contributed by atoms with E-state index in [1.807, 2.05) is 26.0 Å². The van der Waals surface area contributed by atoms with Crippen molar-refractivity contribution in [3.63, 3.8) is 0 Å². The number of nitrogens with one attached hydrogen (secondary N) is 1. The van der Waals surface area contributed by atoms with Crippen molar-refractivity contribution in [3.8, 4) is 5.75 Å². The van der Waals surface area contributed by atoms with Gasteiger partial charge in [0.15, 0.2) is 0 Å². The number of hydrogen-bond acceptors (Lipinski definition) is 2. The first-order valence-electron chi connectivity index (χ1n) is 4.19. The minimum Gasteiger partial charge on any atom is -0.494 e. The molecule has 0 radical (unpaired) electrons. The molecular formula is C10H13NO2S. The highest BCUT2D eigenvalue weighted by Crippen LogP contribution is 2.29. The molecule has 0 unspecified atom stereocenters. The summed E-state index contributed by atoms with van der Waals surface area (Å²) in [5.74, 6) is 0.679. The Kier molecular flexibility index (Phi) is 3.41. The maximum atomic E-state index is 10.8. The van der Waals surface area contributed by atoms with Gasteiger partial charge in [0, 0.05) is 0 Å². The van der Waals surface area contributed by atoms with Gasteiger partial charge in [-0.2, -0.15) is 0 Å². The fourth-order valence-electron chi connectivity index (χ4n) is 1.43. The van der Waals surface area contributed by atoms with E-state index in [1.165, 1.54) is 0 Å². The molecule has 0 saturated carbocycles. The summed E-state index contributed by atoms with van der Waals surface area (Å²) in [5.41, 5.74) is 2.72. The standard InChI is InChI=1S/C10H13NO2S/c1-6-4-7(2)9(13-3)8(5-6)11-10(12)14/h4-5H,1-3H3,(H2,11,12,14). The molecule has 0 aliphatic carbocycles. The van der Waals surface area contributed by atoms with Crippen molar-refractivity contribution in [2.45, 2.75) is 13.8 Å². The van der Waals surface area contributed by atoms with Crippen molar-refractivity contribution >= 4 is 23.6 Å². The fourth-order valence-corrected chi connectivity index (χ4v) is 1.55. The monoisotopic (exact) mass is 211 g/mol. The van der Waals surface area contributed by atoms with Crippen molar-refractivity contribution in [3.05, 3.63) is 23.3 Å². The molecule has 14 heavy (non-hydrogen) atoms. The lowest BCUT2D eigenvalue weighted by atomic mass is 10.1. The Hall–Kier alpha value is -1.16. The molecular weight excluding hydrogens is 198 g/mol. The molecule has 0 aliphatic rings. The predicted octanol–water partition coefficient (Wildman–Crippen LogP) is 2.77. The second kappa shape index (κ2) is 4.37. The van der Waals surface area contributed by atoms with Crippen molar-refractivity contribution in [1.82, 2.24) is 0 Å². The summed E-state index contributed by atoms with van der Waals surface area (Å²) in [4.78, 5) is 10.8. The van der Waals surface area contributed by atoms with E-state index >= 15 is 0 Å². The number of hydrogen-bond donors (Lipinski definition) is 2. The van der Waals surface area contributed by atoms with Crippen LogP contribution in [0.15, 0.2) is 12.1 Å². The maximum absolute atomic E-state index is 10.8. The van der Waals surface area contributed by atoms with E-state index < -0.39 is 5.24 Å². The molecule has 3 nitrogen and oxygen atoms in total. The number of carbonyl (C=O) groups excluding carboxylic acids is 1. The second-order valence-corrected chi connectivity index (χ2v) is 3.50. The highest BCUT2D eigenvalue weighted by atomic mass is 32.1. The SMILES string of the molecule is COc1c(C)cc(C)cc1NC(=O)S. The average molecular weight is 211 g/mol. The number of carbonyl (C=O) groups is 1. The Morgan fingerprint density at radius 1 is 1.43 bits per heavy atom. The van der Waals surface area contributed by atoms with E-state index in [0.717, 1.165) is 11.1 Å². The zero-order chi connectivity index (χ0) is 10.7. The molecule has 76 valence electrons. The number of ether oxygens (including phenoxy) is 1. The van der Waals surface area contributed by atoms with Crippen molar-refractivity contribution < 1.29 is 9.53 Å². The van der Waals surface area contributed by atoms with E-state index in [-0.39, 0.29) is 0 Å². The predicted molar refractivity (Wildman–Crippen MR) is 60.5 cm³/mol. The van der Waals surface area contributed by atoms with Crippen LogP contribution in [0, 0.1) is 13.8 Å². The van der Waals surface area contributed by atoms with Crippen LogP contribution in [0.25, 0.3) is 0 Å². The Morgan fingerprint density at radius 3 is 2.57 bits per heavy atom. The van der Waals surface area contributed by atoms with Gasteiger partial charge in [-0.3, -0.25) is 4.79 Å². The third-order valence-electron chi connectivity index (χ3n) is 1.86. The largest absolute Gasteiger partial charge is 0.494 e. The van der Waals surface area contributed by atoms with Gasteiger partial charge in [-0.15, -0.1) is 0 Å². The summed E-state index contributed by atoms with van der Waals surface area (Å²) in [6.45, 7) is 3.89. The molecule has 1 aromatic carbocycles. The molecule has 0 bridgehead atoms. The van der Waals surface area contributed by atoms with Gasteiger partial charge in [0.2, 0.25) is 0 Å². The van der Waals surface area contributed by atoms with Crippen LogP contribution in [0.4, 0.5) is 10.5 Å². The van der Waals surface area contributed by atoms with Gasteiger partial charge in [-0.25, -0.2) is 0 Å². The first-order valence-corrected chi connectivity index (χ1v) is 4.64. The van der Waals surface area contributed by atoms with Gasteiger partial charge in [-0.05, 0) is 31.0 Å². The van der Waals surface area contributed by atoms with E-state index in [1.54, 1.807) is 7.11 Å². The van der Waals surface area contributed by atoms with Crippen LogP contribution < -0.4 is 10.1 Å². The molecule has 4 heteroatoms. The van der Waals surface area contributed by atoms with Crippen molar-refractivity contribution in [2.75, 3.05) is 12.4 Å². The topological polar surface area (TPSA) is 38.3 Å². The van der Waals surface area contributed by atoms with Crippen LogP contribution in [0.2, 0.25) is 0 Å². The third kappa shape index (κ3) is 2.42. The van der Waals surface area contributed by atoms with Crippen LogP contribution in [0.1, 0.15) is 11.1 Å². The number of thiol groups is 1. The Balaban J connectivity index is 3.17. The van der Waals surface area contributed by atoms with Crippen LogP contribution >= 0.6 is 12.6 Å². The summed E-state index contributed by atoms with van der Waals surface area (Å²) in [6.07, 6.45) is 0. The van der Waals surface area contributed by atoms with Gasteiger partial charge >= 0.3 is 0 Å². The average Bonchev–Trinajstić information content (AvgIpc) is 2.01. The molecule has 0 spiro atoms. The van der Waals surface area contributed by atoms with Crippen LogP contribution in [-0.4, -0.2) is 12.3 Å². The summed E-state index contributed by atoms with van der Waals surface area (Å²) in [6, 6.07) is 3.84. The number of aryl methyl sites for hydroxylation is 2. The van der Waals surface area contributed by atoms with Gasteiger partial charge < -0.3 is 10.1 Å². The molecule has 0 heterocycles. The van der Waals surface area contributed by atoms with Gasteiger partial charge in [-0.1, -0.05) is 18.7 Å². The van der Waals surface area contributed by atoms with E-state index in [9.17, 15) is 4.79 Å². The van der Waals surface area contributed by atoms with Gasteiger partial charge in [0.25, 0.3) is 5.24 Å². The molecule has 0 aromatic heterocycles. The minimum absolute atomic E-state index is 0.395.